The van der Waals surface area contributed by atoms with Crippen molar-refractivity contribution in [2.45, 2.75) is 19.4 Å². The van der Waals surface area contributed by atoms with Gasteiger partial charge in [-0.1, -0.05) is 6.92 Å². The lowest BCUT2D eigenvalue weighted by Crippen LogP contribution is -2.48. The largest absolute Gasteiger partial charge is 0.374 e. The molecule has 0 amide bonds. The van der Waals surface area contributed by atoms with Crippen LogP contribution in [0.15, 0.2) is 0 Å². The molecule has 1 rings (SSSR count). The van der Waals surface area contributed by atoms with Gasteiger partial charge in [0, 0.05) is 19.6 Å². The molecule has 0 aliphatic carbocycles. The molecule has 0 saturated carbocycles. The second-order valence-electron chi connectivity index (χ2n) is 3.40. The molecule has 5 nitrogen and oxygen atoms in total. The van der Waals surface area contributed by atoms with E-state index < -0.39 is 10.0 Å². The normalized spacial score (nSPS) is 25.1. The zero-order valence-corrected chi connectivity index (χ0v) is 9.29. The van der Waals surface area contributed by atoms with Gasteiger partial charge in [-0.25, -0.2) is 8.42 Å². The second-order valence-corrected chi connectivity index (χ2v) is 5.49. The van der Waals surface area contributed by atoms with Crippen molar-refractivity contribution >= 4 is 10.0 Å². The van der Waals surface area contributed by atoms with Crippen LogP contribution < -0.4 is 5.73 Å². The summed E-state index contributed by atoms with van der Waals surface area (Å²) in [4.78, 5) is 0. The molecular formula is C8H18N2O3S. The van der Waals surface area contributed by atoms with E-state index in [9.17, 15) is 8.42 Å². The minimum atomic E-state index is -3.08. The highest BCUT2D eigenvalue weighted by atomic mass is 32.2. The van der Waals surface area contributed by atoms with E-state index in [2.05, 4.69) is 0 Å². The van der Waals surface area contributed by atoms with E-state index in [1.165, 1.54) is 4.31 Å². The molecule has 0 aromatic heterocycles. The third-order valence-electron chi connectivity index (χ3n) is 2.22. The third-order valence-corrected chi connectivity index (χ3v) is 4.26. The average Bonchev–Trinajstić information content (AvgIpc) is 2.18. The van der Waals surface area contributed by atoms with Crippen LogP contribution in [-0.2, 0) is 14.8 Å². The molecule has 1 heterocycles. The maximum absolute atomic E-state index is 11.7. The van der Waals surface area contributed by atoms with Crippen LogP contribution in [0.3, 0.4) is 0 Å². The molecule has 0 aromatic carbocycles. The molecule has 14 heavy (non-hydrogen) atoms. The second kappa shape index (κ2) is 5.06. The van der Waals surface area contributed by atoms with Crippen LogP contribution in [0.1, 0.15) is 13.3 Å². The highest BCUT2D eigenvalue weighted by Gasteiger charge is 2.27. The molecule has 0 radical (unpaired) electrons. The van der Waals surface area contributed by atoms with Crippen LogP contribution in [0.25, 0.3) is 0 Å². The van der Waals surface area contributed by atoms with Crippen molar-refractivity contribution in [1.29, 1.82) is 0 Å². The predicted molar refractivity (Wildman–Crippen MR) is 54.4 cm³/mol. The van der Waals surface area contributed by atoms with Crippen LogP contribution in [0.2, 0.25) is 0 Å². The van der Waals surface area contributed by atoms with E-state index in [0.29, 0.717) is 32.7 Å². The van der Waals surface area contributed by atoms with Crippen molar-refractivity contribution in [3.8, 4) is 0 Å². The van der Waals surface area contributed by atoms with Crippen LogP contribution in [0.4, 0.5) is 0 Å². The summed E-state index contributed by atoms with van der Waals surface area (Å²) in [5.74, 6) is 0.213. The van der Waals surface area contributed by atoms with E-state index in [1.807, 2.05) is 6.92 Å². The third kappa shape index (κ3) is 2.91. The van der Waals surface area contributed by atoms with Gasteiger partial charge in [0.15, 0.2) is 0 Å². The van der Waals surface area contributed by atoms with Gasteiger partial charge in [-0.3, -0.25) is 0 Å². The van der Waals surface area contributed by atoms with Gasteiger partial charge in [0.25, 0.3) is 0 Å². The zero-order chi connectivity index (χ0) is 10.6. The Morgan fingerprint density at radius 1 is 1.57 bits per heavy atom. The standard InChI is InChI=1S/C8H18N2O3S/c1-2-5-14(11,12)10-3-4-13-8(6-9)7-10/h8H,2-7,9H2,1H3. The molecule has 84 valence electrons. The number of nitrogens with two attached hydrogens (primary N) is 1. The number of ether oxygens (including phenoxy) is 1. The molecule has 1 aliphatic heterocycles. The fourth-order valence-corrected chi connectivity index (χ4v) is 2.99. The molecule has 1 saturated heterocycles. The van der Waals surface area contributed by atoms with Crippen molar-refractivity contribution < 1.29 is 13.2 Å². The van der Waals surface area contributed by atoms with Crippen molar-refractivity contribution in [3.05, 3.63) is 0 Å². The van der Waals surface area contributed by atoms with Crippen LogP contribution in [0, 0.1) is 0 Å². The van der Waals surface area contributed by atoms with Gasteiger partial charge in [-0.15, -0.1) is 0 Å². The minimum Gasteiger partial charge on any atom is -0.374 e. The monoisotopic (exact) mass is 222 g/mol. The smallest absolute Gasteiger partial charge is 0.214 e. The molecule has 6 heteroatoms. The van der Waals surface area contributed by atoms with Crippen LogP contribution >= 0.6 is 0 Å². The molecule has 0 spiro atoms. The van der Waals surface area contributed by atoms with E-state index in [4.69, 9.17) is 10.5 Å². The number of rotatable bonds is 4. The van der Waals surface area contributed by atoms with Crippen molar-refractivity contribution in [2.24, 2.45) is 5.73 Å². The molecule has 1 aliphatic rings. The lowest BCUT2D eigenvalue weighted by molar-refractivity contribution is 0.00452. The Balaban J connectivity index is 2.59. The Morgan fingerprint density at radius 2 is 2.29 bits per heavy atom. The quantitative estimate of drug-likeness (QED) is 0.688. The number of nitrogens with zero attached hydrogens (tertiary/aromatic N) is 1. The van der Waals surface area contributed by atoms with E-state index in [1.54, 1.807) is 0 Å². The topological polar surface area (TPSA) is 72.6 Å². The predicted octanol–water partition coefficient (Wildman–Crippen LogP) is -0.614. The summed E-state index contributed by atoms with van der Waals surface area (Å²) >= 11 is 0. The van der Waals surface area contributed by atoms with Gasteiger partial charge in [-0.2, -0.15) is 4.31 Å². The van der Waals surface area contributed by atoms with E-state index in [-0.39, 0.29) is 11.9 Å². The van der Waals surface area contributed by atoms with Gasteiger partial charge in [0.05, 0.1) is 18.5 Å². The summed E-state index contributed by atoms with van der Waals surface area (Å²) in [6.45, 7) is 3.54. The first kappa shape index (κ1) is 11.9. The Bertz CT molecular complexity index is 266. The zero-order valence-electron chi connectivity index (χ0n) is 8.48. The summed E-state index contributed by atoms with van der Waals surface area (Å²) in [6.07, 6.45) is 0.503. The minimum absolute atomic E-state index is 0.143. The highest BCUT2D eigenvalue weighted by Crippen LogP contribution is 2.10. The maximum Gasteiger partial charge on any atom is 0.214 e. The maximum atomic E-state index is 11.7. The van der Waals surface area contributed by atoms with Gasteiger partial charge in [-0.05, 0) is 6.42 Å². The first-order valence-corrected chi connectivity index (χ1v) is 6.50. The fraction of sp³-hybridized carbons (Fsp3) is 1.00. The van der Waals surface area contributed by atoms with Gasteiger partial charge < -0.3 is 10.5 Å². The molecule has 0 bridgehead atoms. The Labute approximate surface area is 85.3 Å². The lowest BCUT2D eigenvalue weighted by Gasteiger charge is -2.31. The van der Waals surface area contributed by atoms with E-state index in [0.717, 1.165) is 0 Å². The molecule has 2 N–H and O–H groups in total. The molecule has 1 fully saturated rings. The Hall–Kier alpha value is -0.170. The first-order chi connectivity index (χ1) is 6.60. The highest BCUT2D eigenvalue weighted by molar-refractivity contribution is 7.89. The number of morpholine rings is 1. The Morgan fingerprint density at radius 3 is 2.86 bits per heavy atom. The van der Waals surface area contributed by atoms with E-state index >= 15 is 0 Å². The first-order valence-electron chi connectivity index (χ1n) is 4.89. The summed E-state index contributed by atoms with van der Waals surface area (Å²) in [5.41, 5.74) is 5.44. The summed E-state index contributed by atoms with van der Waals surface area (Å²) < 4.78 is 30.1. The van der Waals surface area contributed by atoms with Crippen molar-refractivity contribution in [1.82, 2.24) is 4.31 Å². The Kier molecular flexibility index (Phi) is 4.31. The summed E-state index contributed by atoms with van der Waals surface area (Å²) in [5, 5.41) is 0. The fourth-order valence-electron chi connectivity index (χ4n) is 1.47. The number of hydrogen-bond acceptors (Lipinski definition) is 4. The number of hydrogen-bond donors (Lipinski definition) is 1. The molecule has 1 unspecified atom stereocenters. The van der Waals surface area contributed by atoms with Crippen molar-refractivity contribution in [3.63, 3.8) is 0 Å². The van der Waals surface area contributed by atoms with Gasteiger partial charge >= 0.3 is 0 Å². The van der Waals surface area contributed by atoms with Crippen LogP contribution in [-0.4, -0.2) is 50.8 Å². The molecular weight excluding hydrogens is 204 g/mol. The molecule has 0 aromatic rings. The summed E-state index contributed by atoms with van der Waals surface area (Å²) in [7, 11) is -3.08. The van der Waals surface area contributed by atoms with Crippen molar-refractivity contribution in [2.75, 3.05) is 32.0 Å². The SMILES string of the molecule is CCCS(=O)(=O)N1CCOC(CN)C1. The number of sulfonamides is 1. The van der Waals surface area contributed by atoms with Crippen LogP contribution in [0.5, 0.6) is 0 Å². The average molecular weight is 222 g/mol. The summed E-state index contributed by atoms with van der Waals surface area (Å²) in [6, 6.07) is 0. The molecule has 1 atom stereocenters. The lowest BCUT2D eigenvalue weighted by atomic mass is 10.3. The van der Waals surface area contributed by atoms with Gasteiger partial charge in [0.2, 0.25) is 10.0 Å². The van der Waals surface area contributed by atoms with Gasteiger partial charge in [0.1, 0.15) is 0 Å².